The molecule has 26 heavy (non-hydrogen) atoms. The highest BCUT2D eigenvalue weighted by atomic mass is 32.2. The van der Waals surface area contributed by atoms with Crippen LogP contribution in [-0.2, 0) is 0 Å². The van der Waals surface area contributed by atoms with Crippen molar-refractivity contribution in [3.8, 4) is 0 Å². The molecule has 1 aromatic heterocycles. The van der Waals surface area contributed by atoms with Gasteiger partial charge in [-0.2, -0.15) is 0 Å². The molecule has 0 aliphatic heterocycles. The maximum absolute atomic E-state index is 4.80. The summed E-state index contributed by atoms with van der Waals surface area (Å²) in [5.41, 5.74) is 5.77. The van der Waals surface area contributed by atoms with Gasteiger partial charge in [-0.05, 0) is 60.0 Å². The Kier molecular flexibility index (Phi) is 6.02. The van der Waals surface area contributed by atoms with E-state index >= 15 is 0 Å². The Morgan fingerprint density at radius 3 is 1.38 bits per heavy atom. The molecular formula is C23H21NS2. The fourth-order valence-corrected chi connectivity index (χ4v) is 3.47. The largest absolute Gasteiger partial charge is 0.248 e. The molecule has 0 fully saturated rings. The van der Waals surface area contributed by atoms with Gasteiger partial charge in [-0.1, -0.05) is 43.5 Å². The average molecular weight is 376 g/mol. The van der Waals surface area contributed by atoms with Gasteiger partial charge in [-0.3, -0.25) is 0 Å². The van der Waals surface area contributed by atoms with Crippen LogP contribution in [0.1, 0.15) is 22.5 Å². The van der Waals surface area contributed by atoms with Gasteiger partial charge >= 0.3 is 0 Å². The number of rotatable bonds is 6. The first kappa shape index (κ1) is 18.6. The lowest BCUT2D eigenvalue weighted by atomic mass is 10.0. The Labute approximate surface area is 164 Å². The minimum atomic E-state index is 0.876. The Bertz CT molecular complexity index is 850. The molecule has 0 unspecified atom stereocenters. The second kappa shape index (κ2) is 8.43. The second-order valence-corrected chi connectivity index (χ2v) is 7.58. The summed E-state index contributed by atoms with van der Waals surface area (Å²) in [6.45, 7) is 8.49. The van der Waals surface area contributed by atoms with Gasteiger partial charge in [0, 0.05) is 20.9 Å². The lowest BCUT2D eigenvalue weighted by molar-refractivity contribution is 1.23. The van der Waals surface area contributed by atoms with Crippen LogP contribution in [0.4, 0.5) is 0 Å². The van der Waals surface area contributed by atoms with Crippen molar-refractivity contribution < 1.29 is 0 Å². The predicted molar refractivity (Wildman–Crippen MR) is 117 cm³/mol. The van der Waals surface area contributed by atoms with Crippen molar-refractivity contribution in [3.63, 3.8) is 0 Å². The van der Waals surface area contributed by atoms with E-state index in [1.54, 1.807) is 23.5 Å². The fourth-order valence-electron chi connectivity index (χ4n) is 2.65. The zero-order valence-corrected chi connectivity index (χ0v) is 16.7. The van der Waals surface area contributed by atoms with Crippen molar-refractivity contribution in [2.24, 2.45) is 0 Å². The second-order valence-electron chi connectivity index (χ2n) is 5.82. The molecule has 0 aliphatic rings. The highest BCUT2D eigenvalue weighted by Crippen LogP contribution is 2.26. The van der Waals surface area contributed by atoms with Crippen LogP contribution in [0.3, 0.4) is 0 Å². The Hall–Kier alpha value is -2.23. The summed E-state index contributed by atoms with van der Waals surface area (Å²) in [6, 6.07) is 22.8. The van der Waals surface area contributed by atoms with E-state index in [9.17, 15) is 0 Å². The predicted octanol–water partition coefficient (Wildman–Crippen LogP) is 6.65. The Balaban J connectivity index is 1.86. The van der Waals surface area contributed by atoms with Crippen molar-refractivity contribution in [2.45, 2.75) is 9.79 Å². The minimum absolute atomic E-state index is 0.876. The van der Waals surface area contributed by atoms with Crippen molar-refractivity contribution in [2.75, 3.05) is 12.5 Å². The highest BCUT2D eigenvalue weighted by Gasteiger charge is 2.08. The van der Waals surface area contributed by atoms with Crippen LogP contribution < -0.4 is 0 Å². The summed E-state index contributed by atoms with van der Waals surface area (Å²) in [6.07, 6.45) is 4.15. The Morgan fingerprint density at radius 1 is 0.654 bits per heavy atom. The molecule has 3 rings (SSSR count). The number of pyridine rings is 1. The molecular weight excluding hydrogens is 354 g/mol. The molecule has 0 aliphatic carbocycles. The molecule has 130 valence electrons. The smallest absolute Gasteiger partial charge is 0.0709 e. The standard InChI is InChI=1S/C23H21NS2/c1-16(18-8-12-20(25-3)13-9-18)22-6-5-7-23(24-22)17(2)19-10-14-21(26-4)15-11-19/h5-15H,1-2H2,3-4H3. The SMILES string of the molecule is C=C(c1ccc(SC)cc1)c1cccc(C(=C)c2ccc(SC)cc2)n1. The van der Waals surface area contributed by atoms with Gasteiger partial charge in [-0.25, -0.2) is 4.98 Å². The van der Waals surface area contributed by atoms with E-state index in [1.807, 2.05) is 18.2 Å². The third-order valence-corrected chi connectivity index (χ3v) is 5.73. The van der Waals surface area contributed by atoms with Crippen LogP contribution in [0, 0.1) is 0 Å². The maximum atomic E-state index is 4.80. The summed E-state index contributed by atoms with van der Waals surface area (Å²) in [4.78, 5) is 7.28. The molecule has 1 nitrogen and oxygen atoms in total. The topological polar surface area (TPSA) is 12.9 Å². The van der Waals surface area contributed by atoms with E-state index in [1.165, 1.54) is 9.79 Å². The number of hydrogen-bond acceptors (Lipinski definition) is 3. The number of nitrogens with zero attached hydrogens (tertiary/aromatic N) is 1. The summed E-state index contributed by atoms with van der Waals surface area (Å²) >= 11 is 3.47. The quantitative estimate of drug-likeness (QED) is 0.448. The van der Waals surface area contributed by atoms with Gasteiger partial charge in [0.1, 0.15) is 0 Å². The number of thioether (sulfide) groups is 2. The number of hydrogen-bond donors (Lipinski definition) is 0. The van der Waals surface area contributed by atoms with Crippen molar-refractivity contribution >= 4 is 34.7 Å². The number of aromatic nitrogens is 1. The van der Waals surface area contributed by atoms with Gasteiger partial charge < -0.3 is 0 Å². The number of benzene rings is 2. The van der Waals surface area contributed by atoms with Gasteiger partial charge in [0.15, 0.2) is 0 Å². The van der Waals surface area contributed by atoms with Crippen LogP contribution in [0.5, 0.6) is 0 Å². The van der Waals surface area contributed by atoms with E-state index in [-0.39, 0.29) is 0 Å². The van der Waals surface area contributed by atoms with Crippen molar-refractivity contribution in [1.82, 2.24) is 4.98 Å². The molecule has 0 N–H and O–H groups in total. The third-order valence-electron chi connectivity index (χ3n) is 4.24. The molecule has 0 saturated carbocycles. The molecule has 0 saturated heterocycles. The molecule has 0 bridgehead atoms. The minimum Gasteiger partial charge on any atom is -0.248 e. The zero-order valence-electron chi connectivity index (χ0n) is 15.0. The van der Waals surface area contributed by atoms with Gasteiger partial charge in [-0.15, -0.1) is 23.5 Å². The van der Waals surface area contributed by atoms with Crippen molar-refractivity contribution in [1.29, 1.82) is 0 Å². The molecule has 0 amide bonds. The van der Waals surface area contributed by atoms with Gasteiger partial charge in [0.2, 0.25) is 0 Å². The van der Waals surface area contributed by atoms with E-state index in [2.05, 4.69) is 74.2 Å². The van der Waals surface area contributed by atoms with Gasteiger partial charge in [0.25, 0.3) is 0 Å². The maximum Gasteiger partial charge on any atom is 0.0709 e. The molecule has 0 spiro atoms. The zero-order chi connectivity index (χ0) is 18.5. The molecule has 3 heteroatoms. The fraction of sp³-hybridized carbons (Fsp3) is 0.0870. The monoisotopic (exact) mass is 375 g/mol. The Morgan fingerprint density at radius 2 is 1.04 bits per heavy atom. The third kappa shape index (κ3) is 4.12. The van der Waals surface area contributed by atoms with Crippen LogP contribution in [0.15, 0.2) is 89.7 Å². The first-order valence-corrected chi connectivity index (χ1v) is 10.7. The van der Waals surface area contributed by atoms with E-state index in [4.69, 9.17) is 4.98 Å². The lowest BCUT2D eigenvalue weighted by Gasteiger charge is -2.10. The molecule has 1 heterocycles. The van der Waals surface area contributed by atoms with Crippen LogP contribution in [0.25, 0.3) is 11.1 Å². The summed E-state index contributed by atoms with van der Waals surface area (Å²) < 4.78 is 0. The molecule has 0 radical (unpaired) electrons. The summed E-state index contributed by atoms with van der Waals surface area (Å²) in [5, 5.41) is 0. The molecule has 3 aromatic rings. The van der Waals surface area contributed by atoms with Crippen LogP contribution >= 0.6 is 23.5 Å². The summed E-state index contributed by atoms with van der Waals surface area (Å²) in [5.74, 6) is 0. The summed E-state index contributed by atoms with van der Waals surface area (Å²) in [7, 11) is 0. The van der Waals surface area contributed by atoms with E-state index in [0.717, 1.165) is 33.7 Å². The molecule has 0 atom stereocenters. The lowest BCUT2D eigenvalue weighted by Crippen LogP contribution is -1.96. The normalized spacial score (nSPS) is 10.5. The van der Waals surface area contributed by atoms with E-state index < -0.39 is 0 Å². The average Bonchev–Trinajstić information content (AvgIpc) is 2.73. The van der Waals surface area contributed by atoms with Gasteiger partial charge in [0.05, 0.1) is 11.4 Å². The first-order valence-electron chi connectivity index (χ1n) is 8.27. The highest BCUT2D eigenvalue weighted by molar-refractivity contribution is 7.98. The van der Waals surface area contributed by atoms with Crippen LogP contribution in [0.2, 0.25) is 0 Å². The first-order chi connectivity index (χ1) is 12.6. The van der Waals surface area contributed by atoms with Crippen molar-refractivity contribution in [3.05, 3.63) is 102 Å². The van der Waals surface area contributed by atoms with Crippen LogP contribution in [-0.4, -0.2) is 17.5 Å². The molecule has 2 aromatic carbocycles. The van der Waals surface area contributed by atoms with E-state index in [0.29, 0.717) is 0 Å².